The van der Waals surface area contributed by atoms with E-state index in [1.807, 2.05) is 6.07 Å². The third kappa shape index (κ3) is 3.32. The van der Waals surface area contributed by atoms with Crippen molar-refractivity contribution in [3.05, 3.63) is 46.4 Å². The predicted molar refractivity (Wildman–Crippen MR) is 77.0 cm³/mol. The third-order valence-corrected chi connectivity index (χ3v) is 4.14. The summed E-state index contributed by atoms with van der Waals surface area (Å²) in [6.07, 6.45) is 1.55. The van der Waals surface area contributed by atoms with Crippen molar-refractivity contribution in [2.45, 2.75) is 19.3 Å². The maximum Gasteiger partial charge on any atom is 0.354 e. The van der Waals surface area contributed by atoms with E-state index in [1.54, 1.807) is 23.6 Å². The van der Waals surface area contributed by atoms with Gasteiger partial charge in [-0.2, -0.15) is 0 Å². The molecule has 0 aliphatic rings. The highest BCUT2D eigenvalue weighted by Crippen LogP contribution is 2.27. The number of anilines is 1. The molecular formula is C14H16N2O2S. The first-order valence-electron chi connectivity index (χ1n) is 5.96. The smallest absolute Gasteiger partial charge is 0.354 e. The van der Waals surface area contributed by atoms with E-state index in [0.29, 0.717) is 0 Å². The average Bonchev–Trinajstić information content (AvgIpc) is 2.91. The monoisotopic (exact) mass is 276 g/mol. The minimum absolute atomic E-state index is 0.0274. The Bertz CT molecular complexity index is 547. The SMILES string of the molecule is CC(C)(CNc1ccc(C(=O)O)nc1)c1cccs1. The van der Waals surface area contributed by atoms with Crippen LogP contribution in [-0.4, -0.2) is 22.6 Å². The summed E-state index contributed by atoms with van der Waals surface area (Å²) < 4.78 is 0. The zero-order valence-electron chi connectivity index (χ0n) is 10.9. The molecule has 0 saturated carbocycles. The van der Waals surface area contributed by atoms with Crippen molar-refractivity contribution < 1.29 is 9.90 Å². The molecule has 2 aromatic heterocycles. The Morgan fingerprint density at radius 2 is 2.21 bits per heavy atom. The largest absolute Gasteiger partial charge is 0.477 e. The van der Waals surface area contributed by atoms with Crippen molar-refractivity contribution in [3.63, 3.8) is 0 Å². The quantitative estimate of drug-likeness (QED) is 0.880. The van der Waals surface area contributed by atoms with Gasteiger partial charge in [-0.3, -0.25) is 0 Å². The van der Waals surface area contributed by atoms with Crippen LogP contribution in [0.4, 0.5) is 5.69 Å². The Hall–Kier alpha value is -1.88. The number of aromatic carboxylic acids is 1. The Morgan fingerprint density at radius 3 is 2.74 bits per heavy atom. The molecule has 0 fully saturated rings. The highest BCUT2D eigenvalue weighted by molar-refractivity contribution is 7.10. The Kier molecular flexibility index (Phi) is 3.85. The third-order valence-electron chi connectivity index (χ3n) is 2.91. The molecule has 0 saturated heterocycles. The van der Waals surface area contributed by atoms with Crippen LogP contribution in [0.1, 0.15) is 29.2 Å². The van der Waals surface area contributed by atoms with Gasteiger partial charge in [-0.25, -0.2) is 9.78 Å². The number of nitrogens with one attached hydrogen (secondary N) is 1. The van der Waals surface area contributed by atoms with Gasteiger partial charge < -0.3 is 10.4 Å². The molecular weight excluding hydrogens is 260 g/mol. The molecule has 0 unspecified atom stereocenters. The molecule has 2 heterocycles. The fraction of sp³-hybridized carbons (Fsp3) is 0.286. The van der Waals surface area contributed by atoms with E-state index >= 15 is 0 Å². The van der Waals surface area contributed by atoms with Crippen molar-refractivity contribution in [1.29, 1.82) is 0 Å². The van der Waals surface area contributed by atoms with Crippen LogP contribution in [0.25, 0.3) is 0 Å². The molecule has 0 radical (unpaired) electrons. The van der Waals surface area contributed by atoms with Gasteiger partial charge >= 0.3 is 5.97 Å². The van der Waals surface area contributed by atoms with E-state index in [4.69, 9.17) is 5.11 Å². The molecule has 0 aliphatic heterocycles. The number of pyridine rings is 1. The first kappa shape index (κ1) is 13.5. The summed E-state index contributed by atoms with van der Waals surface area (Å²) in [4.78, 5) is 15.9. The standard InChI is InChI=1S/C14H16N2O2S/c1-14(2,12-4-3-7-19-12)9-16-10-5-6-11(13(17)18)15-8-10/h3-8,16H,9H2,1-2H3,(H,17,18). The zero-order valence-corrected chi connectivity index (χ0v) is 11.7. The molecule has 2 aromatic rings. The van der Waals surface area contributed by atoms with Crippen LogP contribution in [0.2, 0.25) is 0 Å². The number of hydrogen-bond acceptors (Lipinski definition) is 4. The number of thiophene rings is 1. The second-order valence-corrected chi connectivity index (χ2v) is 5.90. The summed E-state index contributed by atoms with van der Waals surface area (Å²) in [5.41, 5.74) is 0.914. The van der Waals surface area contributed by atoms with Crippen molar-refractivity contribution in [3.8, 4) is 0 Å². The number of carboxylic acids is 1. The molecule has 5 heteroatoms. The van der Waals surface area contributed by atoms with E-state index in [0.717, 1.165) is 12.2 Å². The molecule has 0 spiro atoms. The maximum absolute atomic E-state index is 10.7. The summed E-state index contributed by atoms with van der Waals surface area (Å²) in [7, 11) is 0. The van der Waals surface area contributed by atoms with Crippen LogP contribution in [0.5, 0.6) is 0 Å². The fourth-order valence-electron chi connectivity index (χ4n) is 1.70. The van der Waals surface area contributed by atoms with Gasteiger partial charge in [0, 0.05) is 16.8 Å². The molecule has 2 N–H and O–H groups in total. The molecule has 100 valence electrons. The Labute approximate surface area is 116 Å². The molecule has 2 rings (SSSR count). The number of carboxylic acid groups (broad SMARTS) is 1. The minimum Gasteiger partial charge on any atom is -0.477 e. The highest BCUT2D eigenvalue weighted by atomic mass is 32.1. The Balaban J connectivity index is 2.00. The van der Waals surface area contributed by atoms with Crippen molar-refractivity contribution in [1.82, 2.24) is 4.98 Å². The van der Waals surface area contributed by atoms with Gasteiger partial charge in [0.25, 0.3) is 0 Å². The van der Waals surface area contributed by atoms with Crippen LogP contribution in [0.3, 0.4) is 0 Å². The fourth-order valence-corrected chi connectivity index (χ4v) is 2.55. The molecule has 0 amide bonds. The van der Waals surface area contributed by atoms with Gasteiger partial charge in [0.05, 0.1) is 11.9 Å². The van der Waals surface area contributed by atoms with Gasteiger partial charge in [0.2, 0.25) is 0 Å². The minimum atomic E-state index is -1.01. The first-order valence-corrected chi connectivity index (χ1v) is 6.84. The molecule has 19 heavy (non-hydrogen) atoms. The maximum atomic E-state index is 10.7. The van der Waals surface area contributed by atoms with E-state index < -0.39 is 5.97 Å². The lowest BCUT2D eigenvalue weighted by atomic mass is 9.91. The zero-order chi connectivity index (χ0) is 13.9. The van der Waals surface area contributed by atoms with E-state index in [2.05, 4.69) is 35.6 Å². The molecule has 0 aromatic carbocycles. The van der Waals surface area contributed by atoms with Gasteiger partial charge in [-0.1, -0.05) is 19.9 Å². The number of hydrogen-bond donors (Lipinski definition) is 2. The normalized spacial score (nSPS) is 11.3. The second-order valence-electron chi connectivity index (χ2n) is 4.95. The Morgan fingerprint density at radius 1 is 1.42 bits per heavy atom. The van der Waals surface area contributed by atoms with Gasteiger partial charge in [-0.05, 0) is 23.6 Å². The number of aromatic nitrogens is 1. The summed E-state index contributed by atoms with van der Waals surface area (Å²) in [5, 5.41) is 14.1. The van der Waals surface area contributed by atoms with E-state index in [1.165, 1.54) is 10.9 Å². The van der Waals surface area contributed by atoms with Crippen LogP contribution in [0, 0.1) is 0 Å². The number of rotatable bonds is 5. The van der Waals surface area contributed by atoms with Crippen LogP contribution in [-0.2, 0) is 5.41 Å². The summed E-state index contributed by atoms with van der Waals surface area (Å²) >= 11 is 1.74. The highest BCUT2D eigenvalue weighted by Gasteiger charge is 2.21. The lowest BCUT2D eigenvalue weighted by Crippen LogP contribution is -2.26. The second kappa shape index (κ2) is 5.40. The van der Waals surface area contributed by atoms with Gasteiger partial charge in [-0.15, -0.1) is 11.3 Å². The first-order chi connectivity index (χ1) is 8.99. The summed E-state index contributed by atoms with van der Waals surface area (Å²) in [6, 6.07) is 7.41. The molecule has 0 bridgehead atoms. The topological polar surface area (TPSA) is 62.2 Å². The van der Waals surface area contributed by atoms with Gasteiger partial charge in [0.1, 0.15) is 5.69 Å². The van der Waals surface area contributed by atoms with Crippen molar-refractivity contribution >= 4 is 23.0 Å². The average molecular weight is 276 g/mol. The summed E-state index contributed by atoms with van der Waals surface area (Å²) in [6.45, 7) is 5.11. The van der Waals surface area contributed by atoms with E-state index in [-0.39, 0.29) is 11.1 Å². The molecule has 0 aliphatic carbocycles. The van der Waals surface area contributed by atoms with Crippen molar-refractivity contribution in [2.75, 3.05) is 11.9 Å². The number of nitrogens with zero attached hydrogens (tertiary/aromatic N) is 1. The lowest BCUT2D eigenvalue weighted by Gasteiger charge is -2.24. The number of carbonyl (C=O) groups is 1. The van der Waals surface area contributed by atoms with Crippen LogP contribution >= 0.6 is 11.3 Å². The summed E-state index contributed by atoms with van der Waals surface area (Å²) in [5.74, 6) is -1.01. The van der Waals surface area contributed by atoms with Crippen LogP contribution < -0.4 is 5.32 Å². The molecule has 4 nitrogen and oxygen atoms in total. The predicted octanol–water partition coefficient (Wildman–Crippen LogP) is 3.23. The van der Waals surface area contributed by atoms with E-state index in [9.17, 15) is 4.79 Å². The van der Waals surface area contributed by atoms with Crippen LogP contribution in [0.15, 0.2) is 35.8 Å². The van der Waals surface area contributed by atoms with Crippen molar-refractivity contribution in [2.24, 2.45) is 0 Å². The molecule has 0 atom stereocenters. The van der Waals surface area contributed by atoms with Gasteiger partial charge in [0.15, 0.2) is 0 Å². The lowest BCUT2D eigenvalue weighted by molar-refractivity contribution is 0.0690.